The molecule has 0 aliphatic carbocycles. The minimum atomic E-state index is -0.266. The monoisotopic (exact) mass is 397 g/mol. The molecule has 0 amide bonds. The third kappa shape index (κ3) is 6.72. The van der Waals surface area contributed by atoms with Crippen molar-refractivity contribution in [2.75, 3.05) is 20.2 Å². The molecule has 0 spiro atoms. The molecule has 130 valence electrons. The highest BCUT2D eigenvalue weighted by molar-refractivity contribution is 9.10. The predicted molar refractivity (Wildman–Crippen MR) is 95.3 cm³/mol. The number of rotatable bonds is 8. The molecule has 5 nitrogen and oxygen atoms in total. The van der Waals surface area contributed by atoms with E-state index in [-0.39, 0.29) is 5.82 Å². The van der Waals surface area contributed by atoms with E-state index in [9.17, 15) is 4.39 Å². The minimum Gasteiger partial charge on any atom is -0.467 e. The van der Waals surface area contributed by atoms with Crippen LogP contribution in [0.4, 0.5) is 4.39 Å². The van der Waals surface area contributed by atoms with Gasteiger partial charge in [-0.25, -0.2) is 4.39 Å². The Hall–Kier alpha value is -1.86. The van der Waals surface area contributed by atoms with E-state index >= 15 is 0 Å². The number of guanidine groups is 1. The Morgan fingerprint density at radius 2 is 2.21 bits per heavy atom. The molecule has 0 bridgehead atoms. The van der Waals surface area contributed by atoms with Crippen molar-refractivity contribution in [2.24, 2.45) is 4.99 Å². The Morgan fingerprint density at radius 3 is 2.92 bits per heavy atom. The molecular formula is C17H21BrFN3O2. The van der Waals surface area contributed by atoms with Gasteiger partial charge in [-0.05, 0) is 42.3 Å². The lowest BCUT2D eigenvalue weighted by atomic mass is 10.2. The number of nitrogens with zero attached hydrogens (tertiary/aromatic N) is 1. The number of nitrogens with one attached hydrogen (secondary N) is 2. The molecule has 0 radical (unpaired) electrons. The highest BCUT2D eigenvalue weighted by atomic mass is 79.9. The standard InChI is InChI=1S/C17H21BrFN3O2/c1-20-17(22-11-13-8-14(18)10-15(19)9-13)21-5-3-6-23-12-16-4-2-7-24-16/h2,4,7-10H,3,5-6,11-12H2,1H3,(H2,20,21,22). The van der Waals surface area contributed by atoms with Crippen molar-refractivity contribution in [3.63, 3.8) is 0 Å². The third-order valence-corrected chi connectivity index (χ3v) is 3.65. The van der Waals surface area contributed by atoms with Crippen LogP contribution < -0.4 is 10.6 Å². The first-order valence-corrected chi connectivity index (χ1v) is 8.46. The van der Waals surface area contributed by atoms with Crippen molar-refractivity contribution in [1.29, 1.82) is 0 Å². The van der Waals surface area contributed by atoms with Crippen molar-refractivity contribution in [3.8, 4) is 0 Å². The first-order valence-electron chi connectivity index (χ1n) is 7.67. The predicted octanol–water partition coefficient (Wildman–Crippen LogP) is 3.45. The molecule has 2 rings (SSSR count). The maximum Gasteiger partial charge on any atom is 0.191 e. The van der Waals surface area contributed by atoms with Crippen LogP contribution in [0.1, 0.15) is 17.7 Å². The zero-order valence-electron chi connectivity index (χ0n) is 13.5. The summed E-state index contributed by atoms with van der Waals surface area (Å²) in [4.78, 5) is 4.14. The Bertz CT molecular complexity index is 627. The quantitative estimate of drug-likeness (QED) is 0.406. The van der Waals surface area contributed by atoms with Gasteiger partial charge in [0.2, 0.25) is 0 Å². The van der Waals surface area contributed by atoms with Crippen LogP contribution in [-0.4, -0.2) is 26.2 Å². The van der Waals surface area contributed by atoms with Crippen molar-refractivity contribution < 1.29 is 13.5 Å². The topological polar surface area (TPSA) is 58.8 Å². The van der Waals surface area contributed by atoms with Gasteiger partial charge in [-0.15, -0.1) is 0 Å². The SMILES string of the molecule is CN=C(NCCCOCc1ccco1)NCc1cc(F)cc(Br)c1. The van der Waals surface area contributed by atoms with Crippen LogP contribution in [0.25, 0.3) is 0 Å². The molecule has 24 heavy (non-hydrogen) atoms. The highest BCUT2D eigenvalue weighted by Crippen LogP contribution is 2.14. The van der Waals surface area contributed by atoms with Gasteiger partial charge in [0.1, 0.15) is 18.2 Å². The van der Waals surface area contributed by atoms with Gasteiger partial charge in [0.25, 0.3) is 0 Å². The first kappa shape index (κ1) is 18.5. The lowest BCUT2D eigenvalue weighted by Gasteiger charge is -2.12. The number of hydrogen-bond acceptors (Lipinski definition) is 3. The van der Waals surface area contributed by atoms with Gasteiger partial charge in [0, 0.05) is 31.2 Å². The Balaban J connectivity index is 1.61. The molecule has 0 aliphatic heterocycles. The summed E-state index contributed by atoms with van der Waals surface area (Å²) in [5, 5.41) is 6.34. The van der Waals surface area contributed by atoms with Gasteiger partial charge in [-0.3, -0.25) is 4.99 Å². The van der Waals surface area contributed by atoms with Crippen LogP contribution in [0.3, 0.4) is 0 Å². The summed E-state index contributed by atoms with van der Waals surface area (Å²) in [6.45, 7) is 2.33. The lowest BCUT2D eigenvalue weighted by Crippen LogP contribution is -2.37. The summed E-state index contributed by atoms with van der Waals surface area (Å²) in [6.07, 6.45) is 2.47. The molecule has 0 fully saturated rings. The molecule has 0 atom stereocenters. The van der Waals surface area contributed by atoms with Gasteiger partial charge in [0.15, 0.2) is 5.96 Å². The Kier molecular flexibility index (Phi) is 7.77. The minimum absolute atomic E-state index is 0.266. The zero-order chi connectivity index (χ0) is 17.2. The number of aliphatic imine (C=N–C) groups is 1. The average Bonchev–Trinajstić information content (AvgIpc) is 3.06. The van der Waals surface area contributed by atoms with E-state index in [1.807, 2.05) is 18.2 Å². The number of benzene rings is 1. The second-order valence-corrected chi connectivity index (χ2v) is 6.03. The van der Waals surface area contributed by atoms with Gasteiger partial charge in [-0.1, -0.05) is 15.9 Å². The van der Waals surface area contributed by atoms with E-state index in [2.05, 4.69) is 31.6 Å². The summed E-state index contributed by atoms with van der Waals surface area (Å²) in [5.41, 5.74) is 0.839. The lowest BCUT2D eigenvalue weighted by molar-refractivity contribution is 0.105. The maximum absolute atomic E-state index is 13.3. The Morgan fingerprint density at radius 1 is 1.33 bits per heavy atom. The number of halogens is 2. The molecule has 0 saturated carbocycles. The van der Waals surface area contributed by atoms with Crippen LogP contribution in [0, 0.1) is 5.82 Å². The molecule has 0 aliphatic rings. The molecule has 1 heterocycles. The van der Waals surface area contributed by atoms with E-state index < -0.39 is 0 Å². The maximum atomic E-state index is 13.3. The van der Waals surface area contributed by atoms with Gasteiger partial charge >= 0.3 is 0 Å². The second-order valence-electron chi connectivity index (χ2n) is 5.12. The van der Waals surface area contributed by atoms with E-state index in [4.69, 9.17) is 9.15 Å². The molecule has 2 aromatic rings. The van der Waals surface area contributed by atoms with Crippen LogP contribution in [0.15, 0.2) is 50.5 Å². The number of furan rings is 1. The second kappa shape index (κ2) is 10.1. The Labute approximate surface area is 149 Å². The van der Waals surface area contributed by atoms with Crippen LogP contribution in [-0.2, 0) is 17.9 Å². The average molecular weight is 398 g/mol. The van der Waals surface area contributed by atoms with Crippen LogP contribution in [0.5, 0.6) is 0 Å². The molecule has 1 aromatic heterocycles. The fourth-order valence-corrected chi connectivity index (χ4v) is 2.58. The largest absolute Gasteiger partial charge is 0.467 e. The summed E-state index contributed by atoms with van der Waals surface area (Å²) in [5.74, 6) is 1.22. The first-order chi connectivity index (χ1) is 11.7. The normalized spacial score (nSPS) is 11.5. The van der Waals surface area contributed by atoms with Gasteiger partial charge in [-0.2, -0.15) is 0 Å². The fourth-order valence-electron chi connectivity index (χ4n) is 2.07. The van der Waals surface area contributed by atoms with Crippen molar-refractivity contribution in [2.45, 2.75) is 19.6 Å². The molecule has 2 N–H and O–H groups in total. The van der Waals surface area contributed by atoms with E-state index in [1.54, 1.807) is 13.3 Å². The molecule has 0 unspecified atom stereocenters. The highest BCUT2D eigenvalue weighted by Gasteiger charge is 2.02. The summed E-state index contributed by atoms with van der Waals surface area (Å²) in [6, 6.07) is 8.51. The molecule has 7 heteroatoms. The van der Waals surface area contributed by atoms with Crippen molar-refractivity contribution in [1.82, 2.24) is 10.6 Å². The van der Waals surface area contributed by atoms with Crippen LogP contribution in [0.2, 0.25) is 0 Å². The molecule has 0 saturated heterocycles. The van der Waals surface area contributed by atoms with Crippen molar-refractivity contribution in [3.05, 3.63) is 58.2 Å². The summed E-state index contributed by atoms with van der Waals surface area (Å²) in [7, 11) is 1.70. The number of hydrogen-bond donors (Lipinski definition) is 2. The van der Waals surface area contributed by atoms with E-state index in [0.717, 1.165) is 28.8 Å². The number of ether oxygens (including phenoxy) is 1. The zero-order valence-corrected chi connectivity index (χ0v) is 15.1. The molecular weight excluding hydrogens is 377 g/mol. The third-order valence-electron chi connectivity index (χ3n) is 3.19. The molecule has 1 aromatic carbocycles. The van der Waals surface area contributed by atoms with Crippen molar-refractivity contribution >= 4 is 21.9 Å². The van der Waals surface area contributed by atoms with Crippen LogP contribution >= 0.6 is 15.9 Å². The smallest absolute Gasteiger partial charge is 0.191 e. The summed E-state index contributed by atoms with van der Waals surface area (Å²) >= 11 is 3.28. The van der Waals surface area contributed by atoms with E-state index in [1.165, 1.54) is 12.1 Å². The fraction of sp³-hybridized carbons (Fsp3) is 0.353. The van der Waals surface area contributed by atoms with Gasteiger partial charge < -0.3 is 19.8 Å². The van der Waals surface area contributed by atoms with Gasteiger partial charge in [0.05, 0.1) is 6.26 Å². The van der Waals surface area contributed by atoms with E-state index in [0.29, 0.717) is 25.7 Å². The summed E-state index contributed by atoms with van der Waals surface area (Å²) < 4.78 is 24.7.